The van der Waals surface area contributed by atoms with E-state index in [0.717, 1.165) is 19.5 Å². The van der Waals surface area contributed by atoms with Gasteiger partial charge in [0, 0.05) is 26.2 Å². The predicted molar refractivity (Wildman–Crippen MR) is 70.6 cm³/mol. The van der Waals surface area contributed by atoms with E-state index in [0.29, 0.717) is 18.5 Å². The van der Waals surface area contributed by atoms with Crippen LogP contribution in [0.5, 0.6) is 0 Å². The second-order valence-corrected chi connectivity index (χ2v) is 5.54. The molecule has 0 fully saturated rings. The summed E-state index contributed by atoms with van der Waals surface area (Å²) in [5.41, 5.74) is 5.80. The lowest BCUT2D eigenvalue weighted by atomic mass is 9.97. The van der Waals surface area contributed by atoms with Crippen molar-refractivity contribution in [3.63, 3.8) is 0 Å². The molecule has 1 unspecified atom stereocenters. The summed E-state index contributed by atoms with van der Waals surface area (Å²) in [6, 6.07) is 0.419. The maximum absolute atomic E-state index is 5.89. The van der Waals surface area contributed by atoms with Crippen LogP contribution in [0.3, 0.4) is 0 Å². The minimum Gasteiger partial charge on any atom is -0.379 e. The maximum atomic E-state index is 5.89. The molecular weight excluding hydrogens is 200 g/mol. The van der Waals surface area contributed by atoms with Crippen molar-refractivity contribution in [1.29, 1.82) is 0 Å². The standard InChI is InChI=1S/C13H30N2O/c1-7-15(10-11(2)3)12(9-14)8-13(4,5)16-6/h11-12H,7-10,14H2,1-6H3. The van der Waals surface area contributed by atoms with Crippen LogP contribution in [0.2, 0.25) is 0 Å². The number of hydrogen-bond donors (Lipinski definition) is 1. The highest BCUT2D eigenvalue weighted by atomic mass is 16.5. The SMILES string of the molecule is CCN(CC(C)C)C(CN)CC(C)(C)OC. The molecule has 0 aliphatic carbocycles. The smallest absolute Gasteiger partial charge is 0.0638 e. The topological polar surface area (TPSA) is 38.5 Å². The fourth-order valence-electron chi connectivity index (χ4n) is 2.02. The summed E-state index contributed by atoms with van der Waals surface area (Å²) in [5.74, 6) is 0.680. The van der Waals surface area contributed by atoms with Gasteiger partial charge in [0.25, 0.3) is 0 Å². The van der Waals surface area contributed by atoms with Crippen molar-refractivity contribution >= 4 is 0 Å². The predicted octanol–water partition coefficient (Wildman–Crippen LogP) is 2.11. The summed E-state index contributed by atoms with van der Waals surface area (Å²) in [6.45, 7) is 13.8. The van der Waals surface area contributed by atoms with Crippen LogP contribution in [0.4, 0.5) is 0 Å². The first-order valence-electron chi connectivity index (χ1n) is 6.35. The molecule has 0 aromatic heterocycles. The molecule has 0 aromatic rings. The summed E-state index contributed by atoms with van der Waals surface area (Å²) in [4.78, 5) is 2.46. The van der Waals surface area contributed by atoms with Crippen LogP contribution in [0.1, 0.15) is 41.0 Å². The molecule has 0 amide bonds. The van der Waals surface area contributed by atoms with Crippen LogP contribution in [-0.4, -0.2) is 43.3 Å². The van der Waals surface area contributed by atoms with Crippen LogP contribution in [0.25, 0.3) is 0 Å². The molecule has 1 atom stereocenters. The quantitative estimate of drug-likeness (QED) is 0.694. The van der Waals surface area contributed by atoms with Crippen molar-refractivity contribution in [3.05, 3.63) is 0 Å². The molecule has 0 rings (SSSR count). The first kappa shape index (κ1) is 15.9. The number of likely N-dealkylation sites (N-methyl/N-ethyl adjacent to an activating group) is 1. The van der Waals surface area contributed by atoms with Gasteiger partial charge in [0.1, 0.15) is 0 Å². The Labute approximate surface area is 101 Å². The third-order valence-corrected chi connectivity index (χ3v) is 3.07. The third kappa shape index (κ3) is 5.83. The van der Waals surface area contributed by atoms with Crippen molar-refractivity contribution in [2.24, 2.45) is 11.7 Å². The molecule has 0 heterocycles. The number of rotatable bonds is 8. The lowest BCUT2D eigenvalue weighted by molar-refractivity contribution is -0.00838. The van der Waals surface area contributed by atoms with Crippen molar-refractivity contribution in [3.8, 4) is 0 Å². The number of nitrogens with zero attached hydrogens (tertiary/aromatic N) is 1. The van der Waals surface area contributed by atoms with Gasteiger partial charge in [-0.15, -0.1) is 0 Å². The van der Waals surface area contributed by atoms with Gasteiger partial charge in [0.2, 0.25) is 0 Å². The van der Waals surface area contributed by atoms with Crippen LogP contribution in [-0.2, 0) is 4.74 Å². The largest absolute Gasteiger partial charge is 0.379 e. The first-order valence-corrected chi connectivity index (χ1v) is 6.35. The van der Waals surface area contributed by atoms with Crippen LogP contribution in [0, 0.1) is 5.92 Å². The van der Waals surface area contributed by atoms with E-state index < -0.39 is 0 Å². The molecule has 0 saturated carbocycles. The summed E-state index contributed by atoms with van der Waals surface area (Å²) in [7, 11) is 1.77. The van der Waals surface area contributed by atoms with Gasteiger partial charge in [-0.1, -0.05) is 20.8 Å². The monoisotopic (exact) mass is 230 g/mol. The van der Waals surface area contributed by atoms with Gasteiger partial charge in [0.05, 0.1) is 5.60 Å². The molecule has 3 heteroatoms. The molecule has 16 heavy (non-hydrogen) atoms. The van der Waals surface area contributed by atoms with Gasteiger partial charge in [-0.2, -0.15) is 0 Å². The van der Waals surface area contributed by atoms with Crippen molar-refractivity contribution in [2.75, 3.05) is 26.7 Å². The number of hydrogen-bond acceptors (Lipinski definition) is 3. The van der Waals surface area contributed by atoms with E-state index in [9.17, 15) is 0 Å². The Kier molecular flexibility index (Phi) is 7.20. The van der Waals surface area contributed by atoms with Gasteiger partial charge in [-0.05, 0) is 32.7 Å². The van der Waals surface area contributed by atoms with Gasteiger partial charge < -0.3 is 10.5 Å². The maximum Gasteiger partial charge on any atom is 0.0638 e. The fraction of sp³-hybridized carbons (Fsp3) is 1.00. The molecule has 3 nitrogen and oxygen atoms in total. The number of ether oxygens (including phenoxy) is 1. The van der Waals surface area contributed by atoms with Gasteiger partial charge in [-0.3, -0.25) is 4.90 Å². The Bertz CT molecular complexity index is 181. The van der Waals surface area contributed by atoms with Gasteiger partial charge in [-0.25, -0.2) is 0 Å². The molecule has 0 bridgehead atoms. The molecule has 0 spiro atoms. The van der Waals surface area contributed by atoms with E-state index in [1.807, 2.05) is 0 Å². The highest BCUT2D eigenvalue weighted by Gasteiger charge is 2.25. The molecule has 0 aliphatic heterocycles. The summed E-state index contributed by atoms with van der Waals surface area (Å²) in [5, 5.41) is 0. The Morgan fingerprint density at radius 2 is 1.88 bits per heavy atom. The van der Waals surface area contributed by atoms with Crippen LogP contribution in [0.15, 0.2) is 0 Å². The molecule has 98 valence electrons. The summed E-state index contributed by atoms with van der Waals surface area (Å²) >= 11 is 0. The number of nitrogens with two attached hydrogens (primary N) is 1. The van der Waals surface area contributed by atoms with E-state index in [4.69, 9.17) is 10.5 Å². The number of methoxy groups -OCH3 is 1. The second-order valence-electron chi connectivity index (χ2n) is 5.54. The molecule has 0 aliphatic rings. The average Bonchev–Trinajstić information content (AvgIpc) is 2.22. The molecule has 0 saturated heterocycles. The molecular formula is C13H30N2O. The highest BCUT2D eigenvalue weighted by molar-refractivity contribution is 4.81. The van der Waals surface area contributed by atoms with E-state index in [1.54, 1.807) is 7.11 Å². The van der Waals surface area contributed by atoms with E-state index in [1.165, 1.54) is 0 Å². The van der Waals surface area contributed by atoms with Crippen molar-refractivity contribution in [1.82, 2.24) is 4.90 Å². The zero-order valence-corrected chi connectivity index (χ0v) is 11.9. The molecule has 0 aromatic carbocycles. The zero-order chi connectivity index (χ0) is 12.8. The van der Waals surface area contributed by atoms with Crippen molar-refractivity contribution in [2.45, 2.75) is 52.7 Å². The van der Waals surface area contributed by atoms with Crippen LogP contribution >= 0.6 is 0 Å². The van der Waals surface area contributed by atoms with E-state index in [-0.39, 0.29) is 5.60 Å². The Morgan fingerprint density at radius 3 is 2.19 bits per heavy atom. The zero-order valence-electron chi connectivity index (χ0n) is 11.9. The summed E-state index contributed by atoms with van der Waals surface area (Å²) in [6.07, 6.45) is 0.987. The Balaban J connectivity index is 4.43. The summed E-state index contributed by atoms with van der Waals surface area (Å²) < 4.78 is 5.49. The van der Waals surface area contributed by atoms with Crippen molar-refractivity contribution < 1.29 is 4.74 Å². The fourth-order valence-corrected chi connectivity index (χ4v) is 2.02. The lowest BCUT2D eigenvalue weighted by Crippen LogP contribution is -2.46. The minimum absolute atomic E-state index is 0.0889. The minimum atomic E-state index is -0.0889. The Morgan fingerprint density at radius 1 is 1.31 bits per heavy atom. The first-order chi connectivity index (χ1) is 7.36. The average molecular weight is 230 g/mol. The van der Waals surface area contributed by atoms with E-state index in [2.05, 4.69) is 39.5 Å². The molecule has 2 N–H and O–H groups in total. The lowest BCUT2D eigenvalue weighted by Gasteiger charge is -2.36. The molecule has 0 radical (unpaired) electrons. The normalized spacial score (nSPS) is 14.8. The second kappa shape index (κ2) is 7.25. The Hall–Kier alpha value is -0.120. The van der Waals surface area contributed by atoms with Crippen LogP contribution < -0.4 is 5.73 Å². The highest BCUT2D eigenvalue weighted by Crippen LogP contribution is 2.19. The van der Waals surface area contributed by atoms with Gasteiger partial charge >= 0.3 is 0 Å². The van der Waals surface area contributed by atoms with E-state index >= 15 is 0 Å². The van der Waals surface area contributed by atoms with Gasteiger partial charge in [0.15, 0.2) is 0 Å². The third-order valence-electron chi connectivity index (χ3n) is 3.07.